The van der Waals surface area contributed by atoms with Crippen LogP contribution in [0.3, 0.4) is 0 Å². The molecule has 0 aromatic heterocycles. The SMILES string of the molecule is CC(=O)NC1CCN(C(=O)C=Cc2ccc(C(=O)O)cc2)CC1. The number of rotatable bonds is 4. The number of carboxylic acids is 1. The second-order valence-electron chi connectivity index (χ2n) is 5.56. The lowest BCUT2D eigenvalue weighted by Crippen LogP contribution is -2.45. The Hall–Kier alpha value is -2.63. The van der Waals surface area contributed by atoms with E-state index in [1.807, 2.05) is 0 Å². The minimum Gasteiger partial charge on any atom is -0.478 e. The van der Waals surface area contributed by atoms with Gasteiger partial charge in [-0.15, -0.1) is 0 Å². The maximum atomic E-state index is 12.1. The molecule has 1 heterocycles. The highest BCUT2D eigenvalue weighted by atomic mass is 16.4. The van der Waals surface area contributed by atoms with Crippen molar-refractivity contribution >= 4 is 23.9 Å². The van der Waals surface area contributed by atoms with Gasteiger partial charge in [0.25, 0.3) is 0 Å². The molecule has 6 nitrogen and oxygen atoms in total. The molecule has 0 unspecified atom stereocenters. The van der Waals surface area contributed by atoms with Gasteiger partial charge in [0.05, 0.1) is 5.56 Å². The molecule has 1 fully saturated rings. The van der Waals surface area contributed by atoms with Crippen LogP contribution in [-0.4, -0.2) is 46.9 Å². The Balaban J connectivity index is 1.87. The first-order valence-corrected chi connectivity index (χ1v) is 7.53. The van der Waals surface area contributed by atoms with E-state index in [2.05, 4.69) is 5.32 Å². The van der Waals surface area contributed by atoms with Crippen molar-refractivity contribution in [2.75, 3.05) is 13.1 Å². The van der Waals surface area contributed by atoms with Gasteiger partial charge in [-0.05, 0) is 36.6 Å². The minimum absolute atomic E-state index is 0.0421. The second kappa shape index (κ2) is 7.58. The predicted octanol–water partition coefficient (Wildman–Crippen LogP) is 1.53. The molecule has 1 aromatic carbocycles. The summed E-state index contributed by atoms with van der Waals surface area (Å²) in [7, 11) is 0. The highest BCUT2D eigenvalue weighted by Crippen LogP contribution is 2.12. The fraction of sp³-hybridized carbons (Fsp3) is 0.353. The molecule has 1 aliphatic rings. The number of piperidine rings is 1. The van der Waals surface area contributed by atoms with Crippen molar-refractivity contribution in [3.8, 4) is 0 Å². The zero-order valence-electron chi connectivity index (χ0n) is 13.0. The van der Waals surface area contributed by atoms with E-state index in [9.17, 15) is 14.4 Å². The van der Waals surface area contributed by atoms with Gasteiger partial charge in [0, 0.05) is 32.1 Å². The molecular formula is C17H20N2O4. The van der Waals surface area contributed by atoms with Crippen LogP contribution in [0.15, 0.2) is 30.3 Å². The number of aromatic carboxylic acids is 1. The standard InChI is InChI=1S/C17H20N2O4/c1-12(20)18-15-8-10-19(11-9-15)16(21)7-4-13-2-5-14(6-3-13)17(22)23/h2-7,15H,8-11H2,1H3,(H,18,20)(H,22,23). The fourth-order valence-electron chi connectivity index (χ4n) is 2.54. The van der Waals surface area contributed by atoms with Crippen LogP contribution < -0.4 is 5.32 Å². The molecule has 2 amide bonds. The van der Waals surface area contributed by atoms with Crippen LogP contribution in [0.25, 0.3) is 6.08 Å². The molecule has 2 N–H and O–H groups in total. The topological polar surface area (TPSA) is 86.7 Å². The molecule has 2 rings (SSSR count). The van der Waals surface area contributed by atoms with Crippen molar-refractivity contribution in [3.63, 3.8) is 0 Å². The average Bonchev–Trinajstić information content (AvgIpc) is 2.53. The summed E-state index contributed by atoms with van der Waals surface area (Å²) in [6.07, 6.45) is 4.68. The Morgan fingerprint density at radius 2 is 1.78 bits per heavy atom. The first-order chi connectivity index (χ1) is 11.0. The zero-order chi connectivity index (χ0) is 16.8. The average molecular weight is 316 g/mol. The Kier molecular flexibility index (Phi) is 5.51. The summed E-state index contributed by atoms with van der Waals surface area (Å²) >= 11 is 0. The minimum atomic E-state index is -0.973. The van der Waals surface area contributed by atoms with Gasteiger partial charge >= 0.3 is 5.97 Å². The molecule has 0 bridgehead atoms. The molecule has 1 aromatic rings. The lowest BCUT2D eigenvalue weighted by Gasteiger charge is -2.31. The Bertz CT molecular complexity index is 614. The summed E-state index contributed by atoms with van der Waals surface area (Å²) in [5.74, 6) is -1.09. The van der Waals surface area contributed by atoms with Gasteiger partial charge in [0.2, 0.25) is 11.8 Å². The summed E-state index contributed by atoms with van der Waals surface area (Å²) in [6, 6.07) is 6.48. The predicted molar refractivity (Wildman–Crippen MR) is 85.9 cm³/mol. The van der Waals surface area contributed by atoms with Crippen LogP contribution in [-0.2, 0) is 9.59 Å². The molecule has 1 saturated heterocycles. The summed E-state index contributed by atoms with van der Waals surface area (Å²) < 4.78 is 0. The monoisotopic (exact) mass is 316 g/mol. The molecule has 0 saturated carbocycles. The van der Waals surface area contributed by atoms with Gasteiger partial charge in [-0.1, -0.05) is 12.1 Å². The lowest BCUT2D eigenvalue weighted by molar-refractivity contribution is -0.127. The maximum absolute atomic E-state index is 12.1. The van der Waals surface area contributed by atoms with Crippen LogP contribution >= 0.6 is 0 Å². The Morgan fingerprint density at radius 1 is 1.17 bits per heavy atom. The number of nitrogens with one attached hydrogen (secondary N) is 1. The molecule has 122 valence electrons. The van der Waals surface area contributed by atoms with Gasteiger partial charge in [0.15, 0.2) is 0 Å². The van der Waals surface area contributed by atoms with Gasteiger partial charge < -0.3 is 15.3 Å². The van der Waals surface area contributed by atoms with Crippen molar-refractivity contribution in [1.82, 2.24) is 10.2 Å². The maximum Gasteiger partial charge on any atom is 0.335 e. The summed E-state index contributed by atoms with van der Waals surface area (Å²) in [5, 5.41) is 11.7. The molecule has 1 aliphatic heterocycles. The number of benzene rings is 1. The van der Waals surface area contributed by atoms with E-state index in [0.717, 1.165) is 18.4 Å². The van der Waals surface area contributed by atoms with Crippen LogP contribution in [0.4, 0.5) is 0 Å². The number of nitrogens with zero attached hydrogens (tertiary/aromatic N) is 1. The Labute approximate surface area is 134 Å². The van der Waals surface area contributed by atoms with E-state index in [-0.39, 0.29) is 23.4 Å². The quantitative estimate of drug-likeness (QED) is 0.825. The van der Waals surface area contributed by atoms with Crippen molar-refractivity contribution in [1.29, 1.82) is 0 Å². The van der Waals surface area contributed by atoms with E-state index in [1.54, 1.807) is 23.1 Å². The normalized spacial score (nSPS) is 15.6. The smallest absolute Gasteiger partial charge is 0.335 e. The number of carbonyl (C=O) groups is 3. The zero-order valence-corrected chi connectivity index (χ0v) is 13.0. The molecule has 0 radical (unpaired) electrons. The van der Waals surface area contributed by atoms with Crippen molar-refractivity contribution in [3.05, 3.63) is 41.5 Å². The molecule has 23 heavy (non-hydrogen) atoms. The summed E-state index contributed by atoms with van der Waals surface area (Å²) in [6.45, 7) is 2.73. The fourth-order valence-corrected chi connectivity index (χ4v) is 2.54. The first kappa shape index (κ1) is 16.7. The molecule has 0 spiro atoms. The summed E-state index contributed by atoms with van der Waals surface area (Å²) in [4.78, 5) is 35.7. The lowest BCUT2D eigenvalue weighted by atomic mass is 10.0. The third-order valence-electron chi connectivity index (χ3n) is 3.79. The number of hydrogen-bond donors (Lipinski definition) is 2. The number of amides is 2. The first-order valence-electron chi connectivity index (χ1n) is 7.53. The van der Waals surface area contributed by atoms with E-state index < -0.39 is 5.97 Å². The highest BCUT2D eigenvalue weighted by molar-refractivity contribution is 5.92. The number of carboxylic acid groups (broad SMARTS) is 1. The largest absolute Gasteiger partial charge is 0.478 e. The molecule has 6 heteroatoms. The van der Waals surface area contributed by atoms with Crippen LogP contribution in [0.5, 0.6) is 0 Å². The van der Waals surface area contributed by atoms with Crippen molar-refractivity contribution in [2.24, 2.45) is 0 Å². The van der Waals surface area contributed by atoms with Gasteiger partial charge in [-0.3, -0.25) is 9.59 Å². The molecule has 0 aliphatic carbocycles. The van der Waals surface area contributed by atoms with Gasteiger partial charge in [0.1, 0.15) is 0 Å². The summed E-state index contributed by atoms with van der Waals surface area (Å²) in [5.41, 5.74) is 0.991. The van der Waals surface area contributed by atoms with E-state index in [1.165, 1.54) is 25.1 Å². The van der Waals surface area contributed by atoms with Crippen LogP contribution in [0, 0.1) is 0 Å². The third-order valence-corrected chi connectivity index (χ3v) is 3.79. The molecular weight excluding hydrogens is 296 g/mol. The number of carbonyl (C=O) groups excluding carboxylic acids is 2. The van der Waals surface area contributed by atoms with Crippen LogP contribution in [0.2, 0.25) is 0 Å². The highest BCUT2D eigenvalue weighted by Gasteiger charge is 2.21. The van der Waals surface area contributed by atoms with Gasteiger partial charge in [-0.25, -0.2) is 4.79 Å². The number of likely N-dealkylation sites (tertiary alicyclic amines) is 1. The van der Waals surface area contributed by atoms with Crippen LogP contribution in [0.1, 0.15) is 35.7 Å². The van der Waals surface area contributed by atoms with Crippen molar-refractivity contribution in [2.45, 2.75) is 25.8 Å². The van der Waals surface area contributed by atoms with E-state index >= 15 is 0 Å². The second-order valence-corrected chi connectivity index (χ2v) is 5.56. The third kappa shape index (κ3) is 4.95. The van der Waals surface area contributed by atoms with Crippen molar-refractivity contribution < 1.29 is 19.5 Å². The molecule has 0 atom stereocenters. The van der Waals surface area contributed by atoms with E-state index in [0.29, 0.717) is 13.1 Å². The van der Waals surface area contributed by atoms with Gasteiger partial charge in [-0.2, -0.15) is 0 Å². The number of hydrogen-bond acceptors (Lipinski definition) is 3. The Morgan fingerprint density at radius 3 is 2.30 bits per heavy atom. The van der Waals surface area contributed by atoms with E-state index in [4.69, 9.17) is 5.11 Å².